The summed E-state index contributed by atoms with van der Waals surface area (Å²) in [6.45, 7) is 10.3. The van der Waals surface area contributed by atoms with Crippen LogP contribution >= 0.6 is 12.6 Å². The van der Waals surface area contributed by atoms with Gasteiger partial charge in [0, 0.05) is 26.3 Å². The van der Waals surface area contributed by atoms with Crippen molar-refractivity contribution in [2.75, 3.05) is 38.6 Å². The Balaban J connectivity index is 2.58. The van der Waals surface area contributed by atoms with Gasteiger partial charge in [-0.3, -0.25) is 0 Å². The largest absolute Gasteiger partial charge is 0.389 e. The second-order valence-corrected chi connectivity index (χ2v) is 6.20. The molecule has 0 radical (unpaired) electrons. The minimum atomic E-state index is -0.626. The van der Waals surface area contributed by atoms with Crippen molar-refractivity contribution in [2.45, 2.75) is 39.2 Å². The molecule has 0 amide bonds. The quantitative estimate of drug-likeness (QED) is 0.715. The number of aliphatic hydroxyl groups is 1. The maximum absolute atomic E-state index is 9.92. The molecule has 0 aromatic rings. The summed E-state index contributed by atoms with van der Waals surface area (Å²) >= 11 is 4.53. The van der Waals surface area contributed by atoms with E-state index in [1.54, 1.807) is 0 Å². The van der Waals surface area contributed by atoms with Gasteiger partial charge in [-0.1, -0.05) is 6.92 Å². The number of hydrogen-bond acceptors (Lipinski definition) is 4. The maximum atomic E-state index is 9.92. The molecule has 0 bridgehead atoms. The van der Waals surface area contributed by atoms with E-state index in [0.29, 0.717) is 0 Å². The van der Waals surface area contributed by atoms with E-state index < -0.39 is 5.60 Å². The van der Waals surface area contributed by atoms with Crippen LogP contribution in [0.1, 0.15) is 33.6 Å². The van der Waals surface area contributed by atoms with Crippen molar-refractivity contribution in [3.8, 4) is 0 Å². The van der Waals surface area contributed by atoms with E-state index in [2.05, 4.69) is 24.5 Å². The summed E-state index contributed by atoms with van der Waals surface area (Å²) in [4.78, 5) is 2.33. The fourth-order valence-corrected chi connectivity index (χ4v) is 2.89. The highest BCUT2D eigenvalue weighted by Crippen LogP contribution is 2.33. The van der Waals surface area contributed by atoms with Crippen LogP contribution in [0.5, 0.6) is 0 Å². The number of rotatable bonds is 6. The molecule has 0 aliphatic carbocycles. The molecule has 4 heteroatoms. The van der Waals surface area contributed by atoms with Crippen molar-refractivity contribution < 1.29 is 9.84 Å². The van der Waals surface area contributed by atoms with Gasteiger partial charge in [-0.2, -0.15) is 12.6 Å². The average molecular weight is 261 g/mol. The second kappa shape index (κ2) is 6.41. The number of nitrogens with zero attached hydrogens (tertiary/aromatic N) is 1. The average Bonchev–Trinajstić information content (AvgIpc) is 2.27. The van der Waals surface area contributed by atoms with E-state index >= 15 is 0 Å². The van der Waals surface area contributed by atoms with Crippen molar-refractivity contribution in [1.82, 2.24) is 4.90 Å². The van der Waals surface area contributed by atoms with Crippen LogP contribution in [0.4, 0.5) is 0 Å². The highest BCUT2D eigenvalue weighted by atomic mass is 32.1. The zero-order valence-electron chi connectivity index (χ0n) is 11.4. The summed E-state index contributed by atoms with van der Waals surface area (Å²) < 4.78 is 5.44. The molecule has 1 heterocycles. The molecule has 1 aliphatic heterocycles. The van der Waals surface area contributed by atoms with Gasteiger partial charge in [-0.05, 0) is 44.4 Å². The van der Waals surface area contributed by atoms with Crippen LogP contribution in [0.15, 0.2) is 0 Å². The molecule has 1 N–H and O–H groups in total. The number of ether oxygens (including phenoxy) is 1. The summed E-state index contributed by atoms with van der Waals surface area (Å²) in [5.41, 5.74) is -0.360. The minimum Gasteiger partial charge on any atom is -0.389 e. The Morgan fingerprint density at radius 1 is 1.35 bits per heavy atom. The zero-order valence-corrected chi connectivity index (χ0v) is 12.3. The van der Waals surface area contributed by atoms with Gasteiger partial charge in [0.2, 0.25) is 0 Å². The molecule has 0 spiro atoms. The van der Waals surface area contributed by atoms with Crippen LogP contribution in [0, 0.1) is 5.41 Å². The molecule has 0 unspecified atom stereocenters. The minimum absolute atomic E-state index is 0.266. The van der Waals surface area contributed by atoms with E-state index in [1.165, 1.54) is 0 Å². The van der Waals surface area contributed by atoms with Crippen molar-refractivity contribution in [3.63, 3.8) is 0 Å². The van der Waals surface area contributed by atoms with E-state index in [-0.39, 0.29) is 5.41 Å². The van der Waals surface area contributed by atoms with Gasteiger partial charge in [-0.25, -0.2) is 0 Å². The molecule has 0 aromatic carbocycles. The molecule has 0 aromatic heterocycles. The SMILES string of the molecule is CCN(CC(C)(C)O)CC1(CS)CCOCC1. The molecule has 0 atom stereocenters. The Morgan fingerprint density at radius 2 is 1.94 bits per heavy atom. The molecule has 1 fully saturated rings. The zero-order chi connectivity index (χ0) is 12.9. The Kier molecular flexibility index (Phi) is 5.77. The summed E-state index contributed by atoms with van der Waals surface area (Å²) in [7, 11) is 0. The fraction of sp³-hybridized carbons (Fsp3) is 1.00. The highest BCUT2D eigenvalue weighted by Gasteiger charge is 2.33. The lowest BCUT2D eigenvalue weighted by molar-refractivity contribution is -0.0134. The Bertz CT molecular complexity index is 222. The maximum Gasteiger partial charge on any atom is 0.0718 e. The Labute approximate surface area is 111 Å². The lowest BCUT2D eigenvalue weighted by Gasteiger charge is -2.41. The first kappa shape index (κ1) is 15.3. The summed E-state index contributed by atoms with van der Waals surface area (Å²) in [5.74, 6) is 0.902. The number of likely N-dealkylation sites (N-methyl/N-ethyl adjacent to an activating group) is 1. The molecule has 0 saturated carbocycles. The standard InChI is InChI=1S/C13H27NO2S/c1-4-14(9-12(2,3)15)10-13(11-17)5-7-16-8-6-13/h15,17H,4-11H2,1-3H3. The molecule has 102 valence electrons. The highest BCUT2D eigenvalue weighted by molar-refractivity contribution is 7.80. The lowest BCUT2D eigenvalue weighted by Crippen LogP contribution is -2.47. The van der Waals surface area contributed by atoms with Gasteiger partial charge in [0.25, 0.3) is 0 Å². The van der Waals surface area contributed by atoms with Gasteiger partial charge in [0.05, 0.1) is 5.60 Å². The fourth-order valence-electron chi connectivity index (χ4n) is 2.47. The molecule has 3 nitrogen and oxygen atoms in total. The van der Waals surface area contributed by atoms with Gasteiger partial charge in [0.1, 0.15) is 0 Å². The molecular weight excluding hydrogens is 234 g/mol. The van der Waals surface area contributed by atoms with Crippen LogP contribution < -0.4 is 0 Å². The van der Waals surface area contributed by atoms with E-state index in [4.69, 9.17) is 4.74 Å². The third-order valence-electron chi connectivity index (χ3n) is 3.51. The molecule has 1 aliphatic rings. The van der Waals surface area contributed by atoms with Gasteiger partial charge in [0.15, 0.2) is 0 Å². The first-order valence-electron chi connectivity index (χ1n) is 6.54. The number of hydrogen-bond donors (Lipinski definition) is 2. The normalized spacial score (nSPS) is 20.8. The van der Waals surface area contributed by atoms with Crippen LogP contribution in [0.25, 0.3) is 0 Å². The van der Waals surface area contributed by atoms with Crippen molar-refractivity contribution in [2.24, 2.45) is 5.41 Å². The van der Waals surface area contributed by atoms with Crippen LogP contribution in [-0.2, 0) is 4.74 Å². The first-order chi connectivity index (χ1) is 7.91. The van der Waals surface area contributed by atoms with E-state index in [0.717, 1.165) is 51.4 Å². The van der Waals surface area contributed by atoms with Crippen molar-refractivity contribution in [1.29, 1.82) is 0 Å². The van der Waals surface area contributed by atoms with Gasteiger partial charge >= 0.3 is 0 Å². The summed E-state index contributed by atoms with van der Waals surface area (Å²) in [5, 5.41) is 9.92. The molecule has 1 rings (SSSR count). The third-order valence-corrected chi connectivity index (χ3v) is 4.18. The smallest absolute Gasteiger partial charge is 0.0718 e. The van der Waals surface area contributed by atoms with E-state index in [1.807, 2.05) is 13.8 Å². The van der Waals surface area contributed by atoms with Crippen LogP contribution in [-0.4, -0.2) is 54.2 Å². The Hall–Kier alpha value is 0.230. The van der Waals surface area contributed by atoms with Crippen LogP contribution in [0.3, 0.4) is 0 Å². The second-order valence-electron chi connectivity index (χ2n) is 5.89. The first-order valence-corrected chi connectivity index (χ1v) is 7.17. The predicted octanol–water partition coefficient (Wildman–Crippen LogP) is 1.81. The topological polar surface area (TPSA) is 32.7 Å². The van der Waals surface area contributed by atoms with Crippen LogP contribution in [0.2, 0.25) is 0 Å². The summed E-state index contributed by atoms with van der Waals surface area (Å²) in [6, 6.07) is 0. The molecular formula is C13H27NO2S. The molecule has 17 heavy (non-hydrogen) atoms. The molecule has 1 saturated heterocycles. The Morgan fingerprint density at radius 3 is 2.35 bits per heavy atom. The van der Waals surface area contributed by atoms with Gasteiger partial charge in [-0.15, -0.1) is 0 Å². The number of thiol groups is 1. The van der Waals surface area contributed by atoms with E-state index in [9.17, 15) is 5.11 Å². The summed E-state index contributed by atoms with van der Waals surface area (Å²) in [6.07, 6.45) is 2.16. The van der Waals surface area contributed by atoms with Crippen molar-refractivity contribution in [3.05, 3.63) is 0 Å². The van der Waals surface area contributed by atoms with Crippen molar-refractivity contribution >= 4 is 12.6 Å². The third kappa shape index (κ3) is 5.16. The lowest BCUT2D eigenvalue weighted by atomic mass is 9.81. The van der Waals surface area contributed by atoms with Gasteiger partial charge < -0.3 is 14.7 Å². The predicted molar refractivity (Wildman–Crippen MR) is 74.8 cm³/mol. The monoisotopic (exact) mass is 261 g/mol.